The van der Waals surface area contributed by atoms with E-state index >= 15 is 0 Å². The average molecular weight is 223 g/mol. The predicted molar refractivity (Wildman–Crippen MR) is 45.3 cm³/mol. The van der Waals surface area contributed by atoms with Crippen molar-refractivity contribution in [3.63, 3.8) is 0 Å². The maximum absolute atomic E-state index is 12.5. The fraction of sp³-hybridized carbons (Fsp3) is 0.333. The quantitative estimate of drug-likeness (QED) is 0.798. The largest absolute Gasteiger partial charge is 0.522 e. The third-order valence-electron chi connectivity index (χ3n) is 1.72. The minimum absolute atomic E-state index is 0.389. The molecule has 0 aliphatic rings. The van der Waals surface area contributed by atoms with Gasteiger partial charge in [-0.15, -0.1) is 13.2 Å². The van der Waals surface area contributed by atoms with Crippen LogP contribution in [0.3, 0.4) is 0 Å². The Kier molecular flexibility index (Phi) is 3.65. The molecule has 0 aliphatic carbocycles. The molecule has 0 spiro atoms. The maximum Gasteiger partial charge on any atom is 0.522 e. The molecule has 0 unspecified atom stereocenters. The second kappa shape index (κ2) is 4.59. The Bertz CT molecular complexity index is 309. The lowest BCUT2D eigenvalue weighted by Crippen LogP contribution is -2.23. The van der Waals surface area contributed by atoms with Gasteiger partial charge in [0.25, 0.3) is 0 Å². The Labute approximate surface area is 83.6 Å². The molecule has 0 bridgehead atoms. The summed E-state index contributed by atoms with van der Waals surface area (Å²) >= 11 is 0. The molecule has 15 heavy (non-hydrogen) atoms. The third-order valence-corrected chi connectivity index (χ3v) is 1.72. The molecule has 0 aliphatic heterocycles. The van der Waals surface area contributed by atoms with Crippen molar-refractivity contribution in [2.45, 2.75) is 12.4 Å². The Balaban J connectivity index is 2.54. The van der Waals surface area contributed by atoms with Crippen molar-refractivity contribution in [1.29, 1.82) is 0 Å². The van der Waals surface area contributed by atoms with Crippen LogP contribution in [0.1, 0.15) is 11.6 Å². The van der Waals surface area contributed by atoms with Crippen LogP contribution in [0.5, 0.6) is 0 Å². The van der Waals surface area contributed by atoms with Gasteiger partial charge < -0.3 is 5.73 Å². The van der Waals surface area contributed by atoms with E-state index in [4.69, 9.17) is 5.73 Å². The molecular weight excluding hydrogens is 214 g/mol. The van der Waals surface area contributed by atoms with Gasteiger partial charge in [0.05, 0.1) is 12.6 Å². The summed E-state index contributed by atoms with van der Waals surface area (Å²) in [7, 11) is 0. The van der Waals surface area contributed by atoms with Crippen molar-refractivity contribution < 1.29 is 22.3 Å². The summed E-state index contributed by atoms with van der Waals surface area (Å²) in [6.45, 7) is -0.685. The van der Waals surface area contributed by atoms with E-state index in [9.17, 15) is 17.6 Å². The highest BCUT2D eigenvalue weighted by Gasteiger charge is 2.29. The van der Waals surface area contributed by atoms with Crippen molar-refractivity contribution in [3.05, 3.63) is 35.6 Å². The molecule has 2 nitrogen and oxygen atoms in total. The van der Waals surface area contributed by atoms with E-state index in [1.165, 1.54) is 12.1 Å². The molecule has 0 amide bonds. The summed E-state index contributed by atoms with van der Waals surface area (Å²) in [6, 6.07) is 3.97. The second-order valence-corrected chi connectivity index (χ2v) is 2.91. The Morgan fingerprint density at radius 2 is 1.73 bits per heavy atom. The SMILES string of the molecule is N[C@@H](COC(F)(F)F)c1ccc(F)cc1. The number of alkyl halides is 3. The first-order valence-corrected chi connectivity index (χ1v) is 4.10. The summed E-state index contributed by atoms with van der Waals surface area (Å²) < 4.78 is 51.0. The summed E-state index contributed by atoms with van der Waals surface area (Å²) in [6.07, 6.45) is -4.70. The van der Waals surface area contributed by atoms with Crippen LogP contribution in [-0.4, -0.2) is 13.0 Å². The van der Waals surface area contributed by atoms with E-state index in [1.54, 1.807) is 0 Å². The summed E-state index contributed by atoms with van der Waals surface area (Å²) in [5, 5.41) is 0. The van der Waals surface area contributed by atoms with Crippen LogP contribution in [0.4, 0.5) is 17.6 Å². The van der Waals surface area contributed by atoms with Crippen LogP contribution in [0.2, 0.25) is 0 Å². The van der Waals surface area contributed by atoms with E-state index in [0.717, 1.165) is 12.1 Å². The van der Waals surface area contributed by atoms with Gasteiger partial charge in [-0.05, 0) is 17.7 Å². The Hall–Kier alpha value is -1.14. The molecule has 2 N–H and O–H groups in total. The van der Waals surface area contributed by atoms with Crippen molar-refractivity contribution in [1.82, 2.24) is 0 Å². The standard InChI is InChI=1S/C9H9F4NO/c10-7-3-1-6(2-4-7)8(14)5-15-9(11,12)13/h1-4,8H,5,14H2/t8-/m0/s1. The molecule has 0 radical (unpaired) electrons. The first-order chi connectivity index (χ1) is 6.88. The third kappa shape index (κ3) is 4.26. The van der Waals surface area contributed by atoms with E-state index in [0.29, 0.717) is 5.56 Å². The fourth-order valence-electron chi connectivity index (χ4n) is 0.990. The van der Waals surface area contributed by atoms with E-state index in [-0.39, 0.29) is 0 Å². The van der Waals surface area contributed by atoms with Crippen LogP contribution in [0.15, 0.2) is 24.3 Å². The fourth-order valence-corrected chi connectivity index (χ4v) is 0.990. The number of hydrogen-bond acceptors (Lipinski definition) is 2. The molecule has 0 aromatic heterocycles. The van der Waals surface area contributed by atoms with Crippen molar-refractivity contribution in [3.8, 4) is 0 Å². The highest BCUT2D eigenvalue weighted by atomic mass is 19.4. The molecule has 6 heteroatoms. The molecular formula is C9H9F4NO. The number of hydrogen-bond donors (Lipinski definition) is 1. The molecule has 1 rings (SSSR count). The van der Waals surface area contributed by atoms with E-state index in [2.05, 4.69) is 4.74 Å². The lowest BCUT2D eigenvalue weighted by molar-refractivity contribution is -0.326. The lowest BCUT2D eigenvalue weighted by Gasteiger charge is -2.13. The van der Waals surface area contributed by atoms with Gasteiger partial charge in [-0.2, -0.15) is 0 Å². The van der Waals surface area contributed by atoms with Gasteiger partial charge in [-0.1, -0.05) is 12.1 Å². The molecule has 1 aromatic carbocycles. The van der Waals surface area contributed by atoms with Crippen LogP contribution in [0, 0.1) is 5.82 Å². The van der Waals surface area contributed by atoms with Gasteiger partial charge in [-0.3, -0.25) is 4.74 Å². The smallest absolute Gasteiger partial charge is 0.322 e. The van der Waals surface area contributed by atoms with Crippen LogP contribution in [0.25, 0.3) is 0 Å². The number of benzene rings is 1. The Morgan fingerprint density at radius 1 is 1.20 bits per heavy atom. The van der Waals surface area contributed by atoms with Crippen molar-refractivity contribution >= 4 is 0 Å². The summed E-state index contributed by atoms with van der Waals surface area (Å²) in [5.41, 5.74) is 5.79. The molecule has 84 valence electrons. The highest BCUT2D eigenvalue weighted by molar-refractivity contribution is 5.19. The monoisotopic (exact) mass is 223 g/mol. The molecule has 0 saturated carbocycles. The zero-order valence-corrected chi connectivity index (χ0v) is 7.59. The van der Waals surface area contributed by atoms with Crippen LogP contribution < -0.4 is 5.73 Å². The number of halogens is 4. The minimum atomic E-state index is -4.70. The van der Waals surface area contributed by atoms with E-state index in [1.807, 2.05) is 0 Å². The van der Waals surface area contributed by atoms with E-state index < -0.39 is 24.8 Å². The van der Waals surface area contributed by atoms with Gasteiger partial charge in [0, 0.05) is 0 Å². The van der Waals surface area contributed by atoms with Crippen molar-refractivity contribution in [2.24, 2.45) is 5.73 Å². The van der Waals surface area contributed by atoms with Gasteiger partial charge in [0.1, 0.15) is 5.82 Å². The zero-order chi connectivity index (χ0) is 11.5. The highest BCUT2D eigenvalue weighted by Crippen LogP contribution is 2.19. The lowest BCUT2D eigenvalue weighted by atomic mass is 10.1. The topological polar surface area (TPSA) is 35.2 Å². The maximum atomic E-state index is 12.5. The van der Waals surface area contributed by atoms with Crippen molar-refractivity contribution in [2.75, 3.05) is 6.61 Å². The van der Waals surface area contributed by atoms with Crippen LogP contribution in [-0.2, 0) is 4.74 Å². The van der Waals surface area contributed by atoms with Gasteiger partial charge in [-0.25, -0.2) is 4.39 Å². The summed E-state index contributed by atoms with van der Waals surface area (Å²) in [5.74, 6) is -0.470. The normalized spacial score (nSPS) is 13.9. The predicted octanol–water partition coefficient (Wildman–Crippen LogP) is 2.36. The first-order valence-electron chi connectivity index (χ1n) is 4.10. The number of rotatable bonds is 3. The van der Waals surface area contributed by atoms with Gasteiger partial charge >= 0.3 is 6.36 Å². The minimum Gasteiger partial charge on any atom is -0.322 e. The molecule has 0 heterocycles. The van der Waals surface area contributed by atoms with Gasteiger partial charge in [0.2, 0.25) is 0 Å². The molecule has 1 atom stereocenters. The average Bonchev–Trinajstić information content (AvgIpc) is 2.14. The van der Waals surface area contributed by atoms with Gasteiger partial charge in [0.15, 0.2) is 0 Å². The number of nitrogens with two attached hydrogens (primary N) is 1. The van der Waals surface area contributed by atoms with Crippen LogP contribution >= 0.6 is 0 Å². The second-order valence-electron chi connectivity index (χ2n) is 2.91. The number of ether oxygens (including phenoxy) is 1. The zero-order valence-electron chi connectivity index (χ0n) is 7.59. The molecule has 0 saturated heterocycles. The Morgan fingerprint density at radius 3 is 2.20 bits per heavy atom. The molecule has 0 fully saturated rings. The first kappa shape index (κ1) is 11.9. The molecule has 1 aromatic rings. The summed E-state index contributed by atoms with van der Waals surface area (Å²) in [4.78, 5) is 0.